The number of amides is 2. The molecule has 0 aromatic heterocycles. The molecule has 0 aromatic carbocycles. The largest absolute Gasteiger partial charge is 0.544 e. The first kappa shape index (κ1) is 26.9. The maximum absolute atomic E-state index is 11.6. The quantitative estimate of drug-likeness (QED) is 0.224. The Bertz CT molecular complexity index is 544. The van der Waals surface area contributed by atoms with Crippen molar-refractivity contribution in [3.63, 3.8) is 0 Å². The van der Waals surface area contributed by atoms with E-state index in [-0.39, 0.29) is 18.4 Å². The first-order valence-electron chi connectivity index (χ1n) is 10.5. The Morgan fingerprint density at radius 1 is 0.966 bits per heavy atom. The number of carbonyl (C=O) groups excluding carboxylic acids is 3. The molecule has 0 aliphatic heterocycles. The van der Waals surface area contributed by atoms with Gasteiger partial charge in [0.05, 0.1) is 26.6 Å². The highest BCUT2D eigenvalue weighted by molar-refractivity contribution is 5.90. The number of quaternary nitrogens is 1. The van der Waals surface area contributed by atoms with Crippen LogP contribution in [0.25, 0.3) is 0 Å². The van der Waals surface area contributed by atoms with Crippen LogP contribution >= 0.6 is 0 Å². The highest BCUT2D eigenvalue weighted by Gasteiger charge is 2.14. The van der Waals surface area contributed by atoms with Crippen LogP contribution in [0.4, 0.5) is 0 Å². The van der Waals surface area contributed by atoms with Crippen molar-refractivity contribution in [3.05, 3.63) is 24.9 Å². The summed E-state index contributed by atoms with van der Waals surface area (Å²) in [4.78, 5) is 34.9. The molecule has 0 aromatic rings. The molecule has 7 heteroatoms. The molecule has 0 aliphatic rings. The summed E-state index contributed by atoms with van der Waals surface area (Å²) in [5.74, 6) is -1.44. The lowest BCUT2D eigenvalue weighted by molar-refractivity contribution is -0.885. The number of aliphatic carboxylic acids is 1. The number of carbonyl (C=O) groups is 3. The van der Waals surface area contributed by atoms with E-state index in [0.29, 0.717) is 11.0 Å². The zero-order valence-corrected chi connectivity index (χ0v) is 18.5. The van der Waals surface area contributed by atoms with E-state index in [9.17, 15) is 19.5 Å². The summed E-state index contributed by atoms with van der Waals surface area (Å²) >= 11 is 0. The fraction of sp³-hybridized carbons (Fsp3) is 0.682. The first-order valence-corrected chi connectivity index (χ1v) is 10.5. The van der Waals surface area contributed by atoms with Crippen LogP contribution in [0.1, 0.15) is 57.8 Å². The van der Waals surface area contributed by atoms with Gasteiger partial charge in [0.2, 0.25) is 11.8 Å². The van der Waals surface area contributed by atoms with Crippen LogP contribution in [-0.4, -0.2) is 67.9 Å². The van der Waals surface area contributed by atoms with Crippen molar-refractivity contribution < 1.29 is 24.0 Å². The molecule has 1 N–H and O–H groups in total. The summed E-state index contributed by atoms with van der Waals surface area (Å²) in [6, 6.07) is 0. The molecule has 0 saturated carbocycles. The van der Waals surface area contributed by atoms with Crippen LogP contribution < -0.4 is 10.4 Å². The first-order chi connectivity index (χ1) is 13.7. The van der Waals surface area contributed by atoms with Gasteiger partial charge in [0.1, 0.15) is 6.54 Å². The Hall–Kier alpha value is -2.15. The van der Waals surface area contributed by atoms with Crippen molar-refractivity contribution in [2.75, 3.05) is 40.8 Å². The molecule has 166 valence electrons. The van der Waals surface area contributed by atoms with Crippen LogP contribution in [0, 0.1) is 0 Å². The standard InChI is InChI=1S/C22H39N3O4/c1-5-21(27)24(2)17-15-20(26)23-16-13-11-9-7-6-8-10-12-14-18-25(3,4)19-22(28)29/h5,15,17H,1,6-14,16,18-19H2,2-4H3,(H-,23,26,28,29). The number of unbranched alkanes of at least 4 members (excludes halogenated alkanes) is 8. The highest BCUT2D eigenvalue weighted by atomic mass is 16.4. The van der Waals surface area contributed by atoms with E-state index in [1.807, 2.05) is 14.1 Å². The predicted molar refractivity (Wildman–Crippen MR) is 114 cm³/mol. The molecule has 0 aliphatic carbocycles. The highest BCUT2D eigenvalue weighted by Crippen LogP contribution is 2.11. The van der Waals surface area contributed by atoms with Gasteiger partial charge in [0.15, 0.2) is 0 Å². The third-order valence-corrected chi connectivity index (χ3v) is 4.77. The van der Waals surface area contributed by atoms with Crippen molar-refractivity contribution >= 4 is 17.8 Å². The summed E-state index contributed by atoms with van der Waals surface area (Å²) in [5.41, 5.74) is 0. The molecule has 0 saturated heterocycles. The zero-order valence-electron chi connectivity index (χ0n) is 18.5. The number of carboxylic acids is 1. The number of hydrogen-bond acceptors (Lipinski definition) is 4. The third-order valence-electron chi connectivity index (χ3n) is 4.77. The number of nitrogens with zero attached hydrogens (tertiary/aromatic N) is 2. The monoisotopic (exact) mass is 409 g/mol. The number of hydrogen-bond donors (Lipinski definition) is 1. The Kier molecular flexibility index (Phi) is 14.6. The van der Waals surface area contributed by atoms with Gasteiger partial charge in [0, 0.05) is 25.9 Å². The summed E-state index contributed by atoms with van der Waals surface area (Å²) in [5, 5.41) is 13.5. The Morgan fingerprint density at radius 3 is 2.00 bits per heavy atom. The van der Waals surface area contributed by atoms with Gasteiger partial charge in [0.25, 0.3) is 0 Å². The van der Waals surface area contributed by atoms with Crippen LogP contribution in [-0.2, 0) is 14.4 Å². The van der Waals surface area contributed by atoms with Gasteiger partial charge in [-0.3, -0.25) is 9.59 Å². The molecule has 0 fully saturated rings. The molecule has 0 radical (unpaired) electrons. The van der Waals surface area contributed by atoms with E-state index in [1.54, 1.807) is 7.05 Å². The second-order valence-electron chi connectivity index (χ2n) is 8.13. The van der Waals surface area contributed by atoms with E-state index in [1.165, 1.54) is 48.9 Å². The van der Waals surface area contributed by atoms with Gasteiger partial charge >= 0.3 is 0 Å². The number of nitrogens with one attached hydrogen (secondary N) is 1. The minimum absolute atomic E-state index is 0.0722. The van der Waals surface area contributed by atoms with Crippen LogP contribution in [0.15, 0.2) is 24.9 Å². The topological polar surface area (TPSA) is 89.5 Å². The van der Waals surface area contributed by atoms with Crippen molar-refractivity contribution in [2.45, 2.75) is 57.8 Å². The lowest BCUT2D eigenvalue weighted by Crippen LogP contribution is -2.48. The molecule has 0 unspecified atom stereocenters. The molecule has 0 atom stereocenters. The maximum atomic E-state index is 11.6. The Morgan fingerprint density at radius 2 is 1.48 bits per heavy atom. The van der Waals surface area contributed by atoms with Crippen LogP contribution in [0.3, 0.4) is 0 Å². The fourth-order valence-electron chi connectivity index (χ4n) is 3.00. The summed E-state index contributed by atoms with van der Waals surface area (Å²) in [6.45, 7) is 4.97. The smallest absolute Gasteiger partial charge is 0.249 e. The second-order valence-corrected chi connectivity index (χ2v) is 8.13. The number of rotatable bonds is 17. The van der Waals surface area contributed by atoms with Gasteiger partial charge in [-0.1, -0.05) is 45.1 Å². The predicted octanol–water partition coefficient (Wildman–Crippen LogP) is 1.60. The average molecular weight is 410 g/mol. The van der Waals surface area contributed by atoms with Crippen molar-refractivity contribution in [1.29, 1.82) is 0 Å². The molecule has 0 spiro atoms. The Balaban J connectivity index is 3.51. The second kappa shape index (κ2) is 15.7. The average Bonchev–Trinajstić information content (AvgIpc) is 2.65. The number of likely N-dealkylation sites (N-methyl/N-ethyl adjacent to an activating group) is 2. The molecule has 7 nitrogen and oxygen atoms in total. The molecule has 0 rings (SSSR count). The van der Waals surface area contributed by atoms with Gasteiger partial charge in [-0.05, 0) is 25.3 Å². The van der Waals surface area contributed by atoms with Crippen LogP contribution in [0.5, 0.6) is 0 Å². The van der Waals surface area contributed by atoms with Gasteiger partial charge in [-0.2, -0.15) is 0 Å². The lowest BCUT2D eigenvalue weighted by atomic mass is 10.1. The molecule has 29 heavy (non-hydrogen) atoms. The summed E-state index contributed by atoms with van der Waals surface area (Å²) in [7, 11) is 5.43. The molecular weight excluding hydrogens is 370 g/mol. The molecular formula is C22H39N3O4. The van der Waals surface area contributed by atoms with Crippen molar-refractivity contribution in [1.82, 2.24) is 10.2 Å². The SMILES string of the molecule is C=CC(=O)N(C)C=CC(=O)NCCCCCCCCCCC[N+](C)(C)CC(=O)[O-]. The molecule has 0 heterocycles. The summed E-state index contributed by atoms with van der Waals surface area (Å²) < 4.78 is 0.484. The van der Waals surface area contributed by atoms with E-state index in [2.05, 4.69) is 11.9 Å². The van der Waals surface area contributed by atoms with E-state index < -0.39 is 5.97 Å². The van der Waals surface area contributed by atoms with E-state index in [4.69, 9.17) is 0 Å². The minimum atomic E-state index is -0.987. The van der Waals surface area contributed by atoms with Gasteiger partial charge < -0.3 is 24.6 Å². The van der Waals surface area contributed by atoms with Crippen LogP contribution in [0.2, 0.25) is 0 Å². The minimum Gasteiger partial charge on any atom is -0.544 e. The maximum Gasteiger partial charge on any atom is 0.249 e. The normalized spacial score (nSPS) is 11.4. The number of carboxylic acid groups (broad SMARTS) is 1. The lowest BCUT2D eigenvalue weighted by Gasteiger charge is -2.30. The molecule has 0 bridgehead atoms. The zero-order chi connectivity index (χ0) is 22.1. The van der Waals surface area contributed by atoms with E-state index in [0.717, 1.165) is 38.6 Å². The Labute approximate surface area is 176 Å². The fourth-order valence-corrected chi connectivity index (χ4v) is 3.00. The van der Waals surface area contributed by atoms with Crippen molar-refractivity contribution in [2.24, 2.45) is 0 Å². The van der Waals surface area contributed by atoms with E-state index >= 15 is 0 Å². The summed E-state index contributed by atoms with van der Waals surface area (Å²) in [6.07, 6.45) is 14.2. The molecule has 2 amide bonds. The van der Waals surface area contributed by atoms with Crippen molar-refractivity contribution in [3.8, 4) is 0 Å². The third kappa shape index (κ3) is 16.5. The van der Waals surface area contributed by atoms with Gasteiger partial charge in [-0.25, -0.2) is 0 Å². The van der Waals surface area contributed by atoms with Gasteiger partial charge in [-0.15, -0.1) is 0 Å².